The largest absolute Gasteiger partial charge is 0.495 e. The van der Waals surface area contributed by atoms with Crippen molar-refractivity contribution in [2.75, 3.05) is 30.5 Å². The van der Waals surface area contributed by atoms with Crippen molar-refractivity contribution in [1.29, 1.82) is 0 Å². The molecule has 1 N–H and O–H groups in total. The van der Waals surface area contributed by atoms with Gasteiger partial charge in [0.25, 0.3) is 11.8 Å². The van der Waals surface area contributed by atoms with Crippen molar-refractivity contribution in [2.24, 2.45) is 0 Å². The molecular weight excluding hydrogens is 508 g/mol. The first-order valence-corrected chi connectivity index (χ1v) is 12.8. The monoisotopic (exact) mass is 534 g/mol. The Balaban J connectivity index is 1.50. The second-order valence-electron chi connectivity index (χ2n) is 7.98. The Morgan fingerprint density at radius 1 is 1.03 bits per heavy atom. The van der Waals surface area contributed by atoms with E-state index in [-0.39, 0.29) is 18.4 Å². The van der Waals surface area contributed by atoms with Crippen molar-refractivity contribution in [3.63, 3.8) is 0 Å². The van der Waals surface area contributed by atoms with Gasteiger partial charge >= 0.3 is 0 Å². The lowest BCUT2D eigenvalue weighted by Crippen LogP contribution is -2.27. The molecule has 0 radical (unpaired) electrons. The number of anilines is 2. The minimum Gasteiger partial charge on any atom is -0.495 e. The number of aryl methyl sites for hydroxylation is 1. The van der Waals surface area contributed by atoms with Crippen LogP contribution in [0.15, 0.2) is 71.6 Å². The predicted octanol–water partition coefficient (Wildman–Crippen LogP) is 5.83. The average Bonchev–Trinajstić information content (AvgIpc) is 3.17. The van der Waals surface area contributed by atoms with Crippen molar-refractivity contribution < 1.29 is 23.8 Å². The lowest BCUT2D eigenvalue weighted by atomic mass is 10.1. The zero-order valence-corrected chi connectivity index (χ0v) is 22.3. The summed E-state index contributed by atoms with van der Waals surface area (Å²) in [4.78, 5) is 27.6. The van der Waals surface area contributed by atoms with E-state index in [9.17, 15) is 9.59 Å². The van der Waals surface area contributed by atoms with Crippen LogP contribution in [0.4, 0.5) is 11.4 Å². The molecule has 0 aliphatic carbocycles. The Morgan fingerprint density at radius 2 is 1.78 bits per heavy atom. The van der Waals surface area contributed by atoms with E-state index in [1.165, 1.54) is 16.7 Å². The maximum atomic E-state index is 13.2. The molecule has 7 nitrogen and oxygen atoms in total. The van der Waals surface area contributed by atoms with Gasteiger partial charge < -0.3 is 19.5 Å². The van der Waals surface area contributed by atoms with Crippen LogP contribution in [-0.2, 0) is 9.59 Å². The number of benzene rings is 3. The molecule has 1 saturated heterocycles. The van der Waals surface area contributed by atoms with E-state index in [0.717, 1.165) is 16.8 Å². The number of methoxy groups -OCH3 is 1. The standard InChI is InChI=1S/C28H26N2O5S2/c1-4-34-24-15-19(13-14-23(24)35-17-26(31)29-20-10-6-5-9-18(20)2)16-25-27(32)30(28(36)37-25)21-11-7-8-12-22(21)33-3/h5-16H,4,17H2,1-3H3,(H,29,31)/b25-16-. The molecule has 0 bridgehead atoms. The molecule has 190 valence electrons. The van der Waals surface area contributed by atoms with Crippen LogP contribution in [0.1, 0.15) is 18.1 Å². The van der Waals surface area contributed by atoms with Crippen molar-refractivity contribution in [3.8, 4) is 17.2 Å². The van der Waals surface area contributed by atoms with Gasteiger partial charge in [-0.15, -0.1) is 0 Å². The van der Waals surface area contributed by atoms with E-state index in [1.54, 1.807) is 43.5 Å². The van der Waals surface area contributed by atoms with Gasteiger partial charge in [-0.05, 0) is 61.4 Å². The molecule has 37 heavy (non-hydrogen) atoms. The van der Waals surface area contributed by atoms with Gasteiger partial charge in [-0.1, -0.05) is 60.4 Å². The molecule has 1 fully saturated rings. The lowest BCUT2D eigenvalue weighted by molar-refractivity contribution is -0.118. The van der Waals surface area contributed by atoms with Crippen LogP contribution in [-0.4, -0.2) is 36.5 Å². The van der Waals surface area contributed by atoms with Crippen LogP contribution in [0.3, 0.4) is 0 Å². The Bertz CT molecular complexity index is 1370. The normalized spacial score (nSPS) is 14.1. The number of thioether (sulfide) groups is 1. The van der Waals surface area contributed by atoms with Crippen LogP contribution >= 0.6 is 24.0 Å². The number of thiocarbonyl (C=S) groups is 1. The molecule has 0 unspecified atom stereocenters. The van der Waals surface area contributed by atoms with Gasteiger partial charge in [0.2, 0.25) is 0 Å². The van der Waals surface area contributed by atoms with E-state index in [4.69, 9.17) is 26.4 Å². The molecule has 0 spiro atoms. The molecule has 3 aromatic carbocycles. The molecule has 1 aliphatic rings. The summed E-state index contributed by atoms with van der Waals surface area (Å²) in [6.07, 6.45) is 1.76. The predicted molar refractivity (Wildman–Crippen MR) is 152 cm³/mol. The highest BCUT2D eigenvalue weighted by molar-refractivity contribution is 8.27. The summed E-state index contributed by atoms with van der Waals surface area (Å²) >= 11 is 6.71. The van der Waals surface area contributed by atoms with E-state index in [1.807, 2.05) is 50.2 Å². The second-order valence-corrected chi connectivity index (χ2v) is 9.66. The summed E-state index contributed by atoms with van der Waals surface area (Å²) in [7, 11) is 1.55. The molecular formula is C28H26N2O5S2. The highest BCUT2D eigenvalue weighted by Crippen LogP contribution is 2.40. The second kappa shape index (κ2) is 11.9. The lowest BCUT2D eigenvalue weighted by Gasteiger charge is -2.17. The van der Waals surface area contributed by atoms with E-state index in [0.29, 0.717) is 38.8 Å². The zero-order chi connectivity index (χ0) is 26.4. The number of carbonyl (C=O) groups excluding carboxylic acids is 2. The van der Waals surface area contributed by atoms with E-state index < -0.39 is 0 Å². The number of carbonyl (C=O) groups is 2. The molecule has 9 heteroatoms. The first-order valence-electron chi connectivity index (χ1n) is 11.6. The van der Waals surface area contributed by atoms with E-state index >= 15 is 0 Å². The van der Waals surface area contributed by atoms with Crippen LogP contribution in [0.5, 0.6) is 17.2 Å². The number of rotatable bonds is 9. The van der Waals surface area contributed by atoms with Crippen LogP contribution in [0.2, 0.25) is 0 Å². The Labute approximate surface area is 225 Å². The number of nitrogens with zero attached hydrogens (tertiary/aromatic N) is 1. The van der Waals surface area contributed by atoms with Crippen LogP contribution in [0, 0.1) is 6.92 Å². The summed E-state index contributed by atoms with van der Waals surface area (Å²) in [5.41, 5.74) is 3.03. The quantitative estimate of drug-likeness (QED) is 0.274. The molecule has 0 saturated carbocycles. The van der Waals surface area contributed by atoms with Crippen LogP contribution in [0.25, 0.3) is 6.08 Å². The third-order valence-electron chi connectivity index (χ3n) is 5.46. The van der Waals surface area contributed by atoms with Gasteiger partial charge in [0.15, 0.2) is 22.4 Å². The number of para-hydroxylation sites is 3. The van der Waals surface area contributed by atoms with Gasteiger partial charge in [-0.2, -0.15) is 0 Å². The van der Waals surface area contributed by atoms with Crippen molar-refractivity contribution in [2.45, 2.75) is 13.8 Å². The smallest absolute Gasteiger partial charge is 0.270 e. The summed E-state index contributed by atoms with van der Waals surface area (Å²) in [5, 5.41) is 2.85. The third kappa shape index (κ3) is 6.12. The molecule has 2 amide bonds. The number of hydrogen-bond acceptors (Lipinski definition) is 7. The number of ether oxygens (including phenoxy) is 3. The van der Waals surface area contributed by atoms with Gasteiger partial charge in [-0.3, -0.25) is 14.5 Å². The number of hydrogen-bond donors (Lipinski definition) is 1. The minimum atomic E-state index is -0.277. The summed E-state index contributed by atoms with van der Waals surface area (Å²) in [6, 6.07) is 20.1. The van der Waals surface area contributed by atoms with Gasteiger partial charge in [0.1, 0.15) is 5.75 Å². The summed E-state index contributed by atoms with van der Waals surface area (Å²) in [6.45, 7) is 4.02. The fraction of sp³-hybridized carbons (Fsp3) is 0.179. The zero-order valence-electron chi connectivity index (χ0n) is 20.6. The third-order valence-corrected chi connectivity index (χ3v) is 6.77. The first-order chi connectivity index (χ1) is 17.9. The molecule has 1 aliphatic heterocycles. The van der Waals surface area contributed by atoms with Gasteiger partial charge in [0, 0.05) is 5.69 Å². The molecule has 3 aromatic rings. The molecule has 0 atom stereocenters. The van der Waals surface area contributed by atoms with E-state index in [2.05, 4.69) is 5.32 Å². The SMILES string of the molecule is CCOc1cc(/C=C2\SC(=S)N(c3ccccc3OC)C2=O)ccc1OCC(=O)Nc1ccccc1C. The van der Waals surface area contributed by atoms with Crippen LogP contribution < -0.4 is 24.4 Å². The summed E-state index contributed by atoms with van der Waals surface area (Å²) in [5.74, 6) is 0.957. The highest BCUT2D eigenvalue weighted by atomic mass is 32.2. The number of nitrogens with one attached hydrogen (secondary N) is 1. The summed E-state index contributed by atoms with van der Waals surface area (Å²) < 4.78 is 17.3. The maximum absolute atomic E-state index is 13.2. The minimum absolute atomic E-state index is 0.175. The maximum Gasteiger partial charge on any atom is 0.270 e. The van der Waals surface area contributed by atoms with Gasteiger partial charge in [-0.25, -0.2) is 0 Å². The fourth-order valence-corrected chi connectivity index (χ4v) is 4.97. The molecule has 4 rings (SSSR count). The number of amides is 2. The van der Waals surface area contributed by atoms with Crippen molar-refractivity contribution >= 4 is 57.6 Å². The Hall–Kier alpha value is -3.82. The Kier molecular flexibility index (Phi) is 8.47. The highest BCUT2D eigenvalue weighted by Gasteiger charge is 2.34. The first kappa shape index (κ1) is 26.2. The average molecular weight is 535 g/mol. The molecule has 0 aromatic heterocycles. The Morgan fingerprint density at radius 3 is 2.54 bits per heavy atom. The topological polar surface area (TPSA) is 77.1 Å². The van der Waals surface area contributed by atoms with Crippen molar-refractivity contribution in [3.05, 3.63) is 82.8 Å². The fourth-order valence-electron chi connectivity index (χ4n) is 3.69. The van der Waals surface area contributed by atoms with Gasteiger partial charge in [0.05, 0.1) is 24.3 Å². The molecule has 1 heterocycles. The van der Waals surface area contributed by atoms with Crippen molar-refractivity contribution in [1.82, 2.24) is 0 Å².